The molecule has 0 saturated carbocycles. The molecule has 0 bridgehead atoms. The van der Waals surface area contributed by atoms with E-state index in [-0.39, 0.29) is 11.7 Å². The molecule has 0 N–H and O–H groups in total. The van der Waals surface area contributed by atoms with Crippen LogP contribution < -0.4 is 0 Å². The Morgan fingerprint density at radius 2 is 1.70 bits per heavy atom. The van der Waals surface area contributed by atoms with Crippen molar-refractivity contribution in [3.8, 4) is 0 Å². The number of likely N-dealkylation sites (tertiary alicyclic amines) is 1. The Bertz CT molecular complexity index is 1040. The van der Waals surface area contributed by atoms with Crippen LogP contribution in [-0.4, -0.2) is 40.7 Å². The van der Waals surface area contributed by atoms with Gasteiger partial charge < -0.3 is 9.47 Å². The summed E-state index contributed by atoms with van der Waals surface area (Å²) in [6, 6.07) is 15.9. The normalized spacial score (nSPS) is 15.5. The number of aryl methyl sites for hydroxylation is 2. The topological polar surface area (TPSA) is 42.3 Å². The van der Waals surface area contributed by atoms with E-state index < -0.39 is 0 Å². The molecule has 156 valence electrons. The van der Waals surface area contributed by atoms with Gasteiger partial charge in [-0.05, 0) is 58.3 Å². The van der Waals surface area contributed by atoms with E-state index in [1.807, 2.05) is 48.7 Å². The van der Waals surface area contributed by atoms with Gasteiger partial charge in [-0.1, -0.05) is 48.5 Å². The van der Waals surface area contributed by atoms with Crippen LogP contribution in [0.5, 0.6) is 0 Å². The lowest BCUT2D eigenvalue weighted by molar-refractivity contribution is 0.0838. The molecule has 0 amide bonds. The zero-order valence-corrected chi connectivity index (χ0v) is 17.9. The molecule has 30 heavy (non-hydrogen) atoms. The molecule has 0 atom stereocenters. The highest BCUT2D eigenvalue weighted by atomic mass is 16.1. The molecule has 2 heterocycles. The number of carbonyl (C=O) groups is 2. The number of Topliss-reactive ketones (excluding diaryl/α,β-unsaturated/α-hetero) is 2. The average molecular weight is 403 g/mol. The summed E-state index contributed by atoms with van der Waals surface area (Å²) in [6.45, 7) is 7.63. The molecule has 0 radical (unpaired) electrons. The lowest BCUT2D eigenvalue weighted by atomic mass is 9.89. The minimum Gasteiger partial charge on any atom is -0.346 e. The SMILES string of the molecule is CC(=O)c1cn(CCCN2CCC(C(=O)c3ccccc3)CC2)c2c(C)cccc12. The van der Waals surface area contributed by atoms with Crippen LogP contribution in [0.2, 0.25) is 0 Å². The molecule has 0 unspecified atom stereocenters. The van der Waals surface area contributed by atoms with E-state index in [2.05, 4.69) is 22.5 Å². The van der Waals surface area contributed by atoms with Crippen LogP contribution in [0.4, 0.5) is 0 Å². The van der Waals surface area contributed by atoms with Gasteiger partial charge in [0.05, 0.1) is 5.52 Å². The van der Waals surface area contributed by atoms with Gasteiger partial charge in [0.25, 0.3) is 0 Å². The first-order valence-corrected chi connectivity index (χ1v) is 11.0. The van der Waals surface area contributed by atoms with Crippen LogP contribution in [0.3, 0.4) is 0 Å². The summed E-state index contributed by atoms with van der Waals surface area (Å²) in [7, 11) is 0. The number of nitrogens with zero attached hydrogens (tertiary/aromatic N) is 2. The van der Waals surface area contributed by atoms with E-state index in [0.29, 0.717) is 5.78 Å². The second-order valence-electron chi connectivity index (χ2n) is 8.46. The smallest absolute Gasteiger partial charge is 0.166 e. The number of para-hydroxylation sites is 1. The monoisotopic (exact) mass is 402 g/mol. The summed E-state index contributed by atoms with van der Waals surface area (Å²) in [5.41, 5.74) is 4.04. The predicted octanol–water partition coefficient (Wildman–Crippen LogP) is 5.14. The van der Waals surface area contributed by atoms with E-state index in [0.717, 1.165) is 62.0 Å². The van der Waals surface area contributed by atoms with Gasteiger partial charge in [0.15, 0.2) is 11.6 Å². The van der Waals surface area contributed by atoms with E-state index in [4.69, 9.17) is 0 Å². The number of piperidine rings is 1. The third-order valence-electron chi connectivity index (χ3n) is 6.37. The van der Waals surface area contributed by atoms with Crippen molar-refractivity contribution in [2.45, 2.75) is 39.7 Å². The molecule has 1 aromatic heterocycles. The molecule has 2 aromatic carbocycles. The molecular weight excluding hydrogens is 372 g/mol. The molecule has 4 heteroatoms. The molecule has 0 spiro atoms. The molecule has 0 aliphatic carbocycles. The molecule has 1 aliphatic heterocycles. The molecular formula is C26H30N2O2. The van der Waals surface area contributed by atoms with E-state index in [1.165, 1.54) is 11.1 Å². The Balaban J connectivity index is 1.33. The maximum atomic E-state index is 12.7. The third kappa shape index (κ3) is 4.24. The lowest BCUT2D eigenvalue weighted by Crippen LogP contribution is -2.37. The van der Waals surface area contributed by atoms with Crippen molar-refractivity contribution in [2.75, 3.05) is 19.6 Å². The predicted molar refractivity (Wildman–Crippen MR) is 121 cm³/mol. The van der Waals surface area contributed by atoms with Gasteiger partial charge in [-0.15, -0.1) is 0 Å². The van der Waals surface area contributed by atoms with E-state index in [1.54, 1.807) is 6.92 Å². The van der Waals surface area contributed by atoms with Crippen molar-refractivity contribution in [3.63, 3.8) is 0 Å². The number of hydrogen-bond donors (Lipinski definition) is 0. The van der Waals surface area contributed by atoms with Crippen LogP contribution in [0.15, 0.2) is 54.7 Å². The van der Waals surface area contributed by atoms with Crippen molar-refractivity contribution in [1.29, 1.82) is 0 Å². The van der Waals surface area contributed by atoms with Gasteiger partial charge in [0, 0.05) is 35.2 Å². The Morgan fingerprint density at radius 3 is 2.40 bits per heavy atom. The highest BCUT2D eigenvalue weighted by Crippen LogP contribution is 2.26. The van der Waals surface area contributed by atoms with Crippen molar-refractivity contribution in [3.05, 3.63) is 71.4 Å². The van der Waals surface area contributed by atoms with Gasteiger partial charge in [-0.25, -0.2) is 0 Å². The maximum absolute atomic E-state index is 12.7. The fraction of sp³-hybridized carbons (Fsp3) is 0.385. The molecule has 4 nitrogen and oxygen atoms in total. The minimum atomic E-state index is 0.120. The van der Waals surface area contributed by atoms with Gasteiger partial charge in [0.1, 0.15) is 0 Å². The van der Waals surface area contributed by atoms with Crippen molar-refractivity contribution in [1.82, 2.24) is 9.47 Å². The molecule has 4 rings (SSSR count). The summed E-state index contributed by atoms with van der Waals surface area (Å²) < 4.78 is 2.24. The molecule has 3 aromatic rings. The first-order chi connectivity index (χ1) is 14.5. The van der Waals surface area contributed by atoms with Crippen molar-refractivity contribution in [2.24, 2.45) is 5.92 Å². The van der Waals surface area contributed by atoms with Crippen molar-refractivity contribution < 1.29 is 9.59 Å². The second kappa shape index (κ2) is 8.97. The van der Waals surface area contributed by atoms with Gasteiger partial charge in [0.2, 0.25) is 0 Å². The minimum absolute atomic E-state index is 0.120. The summed E-state index contributed by atoms with van der Waals surface area (Å²) in [5, 5.41) is 1.06. The summed E-state index contributed by atoms with van der Waals surface area (Å²) in [4.78, 5) is 27.2. The van der Waals surface area contributed by atoms with Gasteiger partial charge >= 0.3 is 0 Å². The van der Waals surface area contributed by atoms with E-state index >= 15 is 0 Å². The van der Waals surface area contributed by atoms with Gasteiger partial charge in [-0.2, -0.15) is 0 Å². The summed E-state index contributed by atoms with van der Waals surface area (Å²) in [6.07, 6.45) is 4.93. The fourth-order valence-corrected chi connectivity index (χ4v) is 4.73. The second-order valence-corrected chi connectivity index (χ2v) is 8.46. The average Bonchev–Trinajstić information content (AvgIpc) is 3.15. The quantitative estimate of drug-likeness (QED) is 0.514. The maximum Gasteiger partial charge on any atom is 0.166 e. The zero-order valence-electron chi connectivity index (χ0n) is 17.9. The number of benzene rings is 2. The number of aromatic nitrogens is 1. The Labute approximate surface area is 178 Å². The lowest BCUT2D eigenvalue weighted by Gasteiger charge is -2.31. The largest absolute Gasteiger partial charge is 0.346 e. The van der Waals surface area contributed by atoms with Crippen LogP contribution in [0, 0.1) is 12.8 Å². The third-order valence-corrected chi connectivity index (χ3v) is 6.37. The number of carbonyl (C=O) groups excluding carboxylic acids is 2. The molecule has 1 fully saturated rings. The number of fused-ring (bicyclic) bond motifs is 1. The van der Waals surface area contributed by atoms with Crippen LogP contribution in [0.1, 0.15) is 52.5 Å². The van der Waals surface area contributed by atoms with Crippen LogP contribution in [0.25, 0.3) is 10.9 Å². The Hall–Kier alpha value is -2.72. The molecule has 1 saturated heterocycles. The van der Waals surface area contributed by atoms with Crippen LogP contribution >= 0.6 is 0 Å². The number of hydrogen-bond acceptors (Lipinski definition) is 3. The summed E-state index contributed by atoms with van der Waals surface area (Å²) >= 11 is 0. The van der Waals surface area contributed by atoms with Gasteiger partial charge in [-0.3, -0.25) is 9.59 Å². The van der Waals surface area contributed by atoms with Crippen LogP contribution in [-0.2, 0) is 6.54 Å². The number of ketones is 2. The Kier molecular flexibility index (Phi) is 6.14. The fourth-order valence-electron chi connectivity index (χ4n) is 4.73. The summed E-state index contributed by atoms with van der Waals surface area (Å²) in [5.74, 6) is 0.564. The first-order valence-electron chi connectivity index (χ1n) is 11.0. The highest BCUT2D eigenvalue weighted by Gasteiger charge is 2.25. The van der Waals surface area contributed by atoms with E-state index in [9.17, 15) is 9.59 Å². The standard InChI is InChI=1S/C26H30N2O2/c1-19-8-6-11-23-24(20(2)29)18-28(25(19)23)15-7-14-27-16-12-22(13-17-27)26(30)21-9-4-3-5-10-21/h3-6,8-11,18,22H,7,12-17H2,1-2H3. The highest BCUT2D eigenvalue weighted by molar-refractivity contribution is 6.07. The Morgan fingerprint density at radius 1 is 0.967 bits per heavy atom. The first kappa shape index (κ1) is 20.5. The molecule has 1 aliphatic rings. The number of rotatable bonds is 7. The zero-order chi connectivity index (χ0) is 21.1. The van der Waals surface area contributed by atoms with Crippen molar-refractivity contribution >= 4 is 22.5 Å².